The predicted molar refractivity (Wildman–Crippen MR) is 115 cm³/mol. The summed E-state index contributed by atoms with van der Waals surface area (Å²) in [6, 6.07) is 2.10. The van der Waals surface area contributed by atoms with Crippen molar-refractivity contribution in [3.8, 4) is 0 Å². The topological polar surface area (TPSA) is 94.2 Å². The second-order valence-corrected chi connectivity index (χ2v) is 6.93. The van der Waals surface area contributed by atoms with Gasteiger partial charge in [0.2, 0.25) is 0 Å². The van der Waals surface area contributed by atoms with Crippen molar-refractivity contribution in [1.29, 1.82) is 0 Å². The molecule has 0 aromatic carbocycles. The van der Waals surface area contributed by atoms with Crippen molar-refractivity contribution < 1.29 is 4.74 Å². The largest absolute Gasteiger partial charge is 0.382 e. The smallest absolute Gasteiger partial charge is 0.191 e. The Morgan fingerprint density at radius 1 is 1.14 bits per heavy atom. The fourth-order valence-electron chi connectivity index (χ4n) is 3.05. The van der Waals surface area contributed by atoms with E-state index < -0.39 is 0 Å². The van der Waals surface area contributed by atoms with Crippen LogP contribution in [-0.4, -0.2) is 63.4 Å². The molecule has 0 saturated carbocycles. The third-order valence-electron chi connectivity index (χ3n) is 4.52. The van der Waals surface area contributed by atoms with Gasteiger partial charge in [0.15, 0.2) is 5.96 Å². The molecule has 2 aromatic rings. The molecular weight excluding hydrogens is 368 g/mol. The van der Waals surface area contributed by atoms with Crippen LogP contribution in [0.25, 0.3) is 0 Å². The summed E-state index contributed by atoms with van der Waals surface area (Å²) in [5, 5.41) is 19.4. The molecule has 0 aliphatic rings. The van der Waals surface area contributed by atoms with Crippen LogP contribution in [-0.2, 0) is 24.2 Å². The zero-order chi connectivity index (χ0) is 20.9. The van der Waals surface area contributed by atoms with Crippen LogP contribution >= 0.6 is 0 Å². The summed E-state index contributed by atoms with van der Waals surface area (Å²) in [7, 11) is 0. The lowest BCUT2D eigenvalue weighted by atomic mass is 10.4. The van der Waals surface area contributed by atoms with E-state index in [1.807, 2.05) is 18.5 Å². The normalized spacial score (nSPS) is 11.8. The van der Waals surface area contributed by atoms with Crippen molar-refractivity contribution in [2.75, 3.05) is 32.8 Å². The molecule has 0 saturated heterocycles. The van der Waals surface area contributed by atoms with Gasteiger partial charge < -0.3 is 19.9 Å². The third-order valence-corrected chi connectivity index (χ3v) is 4.52. The van der Waals surface area contributed by atoms with E-state index in [0.717, 1.165) is 82.7 Å². The van der Waals surface area contributed by atoms with Crippen LogP contribution in [0, 0.1) is 13.8 Å². The van der Waals surface area contributed by atoms with Crippen LogP contribution < -0.4 is 10.6 Å². The van der Waals surface area contributed by atoms with Crippen molar-refractivity contribution in [3.63, 3.8) is 0 Å². The molecule has 0 bridgehead atoms. The molecule has 2 aromatic heterocycles. The molecule has 0 radical (unpaired) electrons. The molecule has 2 rings (SSSR count). The van der Waals surface area contributed by atoms with Gasteiger partial charge in [-0.05, 0) is 39.7 Å². The maximum atomic E-state index is 5.40. The molecule has 0 unspecified atom stereocenters. The molecule has 2 N–H and O–H groups in total. The Balaban J connectivity index is 1.80. The van der Waals surface area contributed by atoms with Gasteiger partial charge in [0.1, 0.15) is 12.2 Å². The quantitative estimate of drug-likeness (QED) is 0.300. The molecule has 0 spiro atoms. The van der Waals surface area contributed by atoms with Gasteiger partial charge >= 0.3 is 0 Å². The summed E-state index contributed by atoms with van der Waals surface area (Å²) in [5.74, 6) is 1.83. The average molecular weight is 405 g/mol. The monoisotopic (exact) mass is 404 g/mol. The SMILES string of the molecule is CCOCCCNC(=NCCCn1nc(C)cc1C)NCCn1cnnc1CC. The lowest BCUT2D eigenvalue weighted by Crippen LogP contribution is -2.40. The highest BCUT2D eigenvalue weighted by atomic mass is 16.5. The number of nitrogens with one attached hydrogen (secondary N) is 2. The van der Waals surface area contributed by atoms with Crippen molar-refractivity contribution in [1.82, 2.24) is 35.2 Å². The number of aryl methyl sites for hydroxylation is 4. The molecule has 9 heteroatoms. The summed E-state index contributed by atoms with van der Waals surface area (Å²) >= 11 is 0. The van der Waals surface area contributed by atoms with Gasteiger partial charge in [0.05, 0.1) is 5.69 Å². The van der Waals surface area contributed by atoms with Crippen LogP contribution in [0.4, 0.5) is 0 Å². The van der Waals surface area contributed by atoms with Crippen LogP contribution in [0.2, 0.25) is 0 Å². The summed E-state index contributed by atoms with van der Waals surface area (Å²) in [6.07, 6.45) is 4.55. The number of hydrogen-bond acceptors (Lipinski definition) is 5. The molecule has 0 amide bonds. The molecule has 2 heterocycles. The van der Waals surface area contributed by atoms with Gasteiger partial charge in [-0.25, -0.2) is 0 Å². The van der Waals surface area contributed by atoms with E-state index in [1.54, 1.807) is 6.33 Å². The van der Waals surface area contributed by atoms with Gasteiger partial charge in [0.25, 0.3) is 0 Å². The van der Waals surface area contributed by atoms with Gasteiger partial charge in [-0.15, -0.1) is 10.2 Å². The van der Waals surface area contributed by atoms with E-state index in [1.165, 1.54) is 5.69 Å². The highest BCUT2D eigenvalue weighted by molar-refractivity contribution is 5.79. The molecule has 162 valence electrons. The highest BCUT2D eigenvalue weighted by Crippen LogP contribution is 2.02. The maximum absolute atomic E-state index is 5.40. The second kappa shape index (κ2) is 12.9. The zero-order valence-corrected chi connectivity index (χ0v) is 18.3. The van der Waals surface area contributed by atoms with E-state index in [9.17, 15) is 0 Å². The molecule has 9 nitrogen and oxygen atoms in total. The summed E-state index contributed by atoms with van der Waals surface area (Å²) in [5.41, 5.74) is 2.25. The Labute approximate surface area is 174 Å². The van der Waals surface area contributed by atoms with E-state index in [-0.39, 0.29) is 0 Å². The predicted octanol–water partition coefficient (Wildman–Crippen LogP) is 1.71. The number of aliphatic imine (C=N–C) groups is 1. The Kier molecular flexibility index (Phi) is 10.2. The summed E-state index contributed by atoms with van der Waals surface area (Å²) < 4.78 is 9.52. The number of ether oxygens (including phenoxy) is 1. The Bertz CT molecular complexity index is 737. The minimum absolute atomic E-state index is 0.742. The number of hydrogen-bond donors (Lipinski definition) is 2. The first-order chi connectivity index (χ1) is 14.1. The first-order valence-corrected chi connectivity index (χ1v) is 10.6. The van der Waals surface area contributed by atoms with Gasteiger partial charge in [-0.2, -0.15) is 5.10 Å². The van der Waals surface area contributed by atoms with Gasteiger partial charge in [0, 0.05) is 58.1 Å². The number of aromatic nitrogens is 5. The molecule has 0 fully saturated rings. The van der Waals surface area contributed by atoms with Gasteiger partial charge in [-0.1, -0.05) is 6.92 Å². The van der Waals surface area contributed by atoms with E-state index >= 15 is 0 Å². The third kappa shape index (κ3) is 8.23. The fourth-order valence-corrected chi connectivity index (χ4v) is 3.05. The lowest BCUT2D eigenvalue weighted by Gasteiger charge is -2.13. The van der Waals surface area contributed by atoms with Crippen molar-refractivity contribution in [2.45, 2.75) is 60.0 Å². The molecule has 0 aliphatic heterocycles. The minimum Gasteiger partial charge on any atom is -0.382 e. The first kappa shape index (κ1) is 22.9. The number of rotatable bonds is 13. The van der Waals surface area contributed by atoms with Crippen molar-refractivity contribution in [2.24, 2.45) is 4.99 Å². The molecule has 0 atom stereocenters. The fraction of sp³-hybridized carbons (Fsp3) is 0.700. The lowest BCUT2D eigenvalue weighted by molar-refractivity contribution is 0.145. The van der Waals surface area contributed by atoms with Crippen molar-refractivity contribution in [3.05, 3.63) is 29.6 Å². The highest BCUT2D eigenvalue weighted by Gasteiger charge is 2.04. The summed E-state index contributed by atoms with van der Waals surface area (Å²) in [4.78, 5) is 4.73. The standard InChI is InChI=1S/C20H36N8O/c1-5-19-25-24-16-27(19)13-11-23-20(22-10-8-14-29-6-2)21-9-7-12-28-18(4)15-17(3)26-28/h15-16H,5-14H2,1-4H3,(H2,21,22,23). The first-order valence-electron chi connectivity index (χ1n) is 10.6. The average Bonchev–Trinajstić information content (AvgIpc) is 3.29. The van der Waals surface area contributed by atoms with Crippen molar-refractivity contribution >= 4 is 5.96 Å². The van der Waals surface area contributed by atoms with Crippen LogP contribution in [0.3, 0.4) is 0 Å². The second-order valence-electron chi connectivity index (χ2n) is 6.93. The van der Waals surface area contributed by atoms with Gasteiger partial charge in [-0.3, -0.25) is 9.67 Å². The van der Waals surface area contributed by atoms with E-state index in [2.05, 4.69) is 50.4 Å². The Hall–Kier alpha value is -2.42. The molecule has 0 aliphatic carbocycles. The Morgan fingerprint density at radius 2 is 1.97 bits per heavy atom. The number of guanidine groups is 1. The maximum Gasteiger partial charge on any atom is 0.191 e. The summed E-state index contributed by atoms with van der Waals surface area (Å²) in [6.45, 7) is 13.7. The molecular formula is C20H36N8O. The van der Waals surface area contributed by atoms with Crippen LogP contribution in [0.15, 0.2) is 17.4 Å². The van der Waals surface area contributed by atoms with Crippen LogP contribution in [0.5, 0.6) is 0 Å². The van der Waals surface area contributed by atoms with E-state index in [4.69, 9.17) is 9.73 Å². The Morgan fingerprint density at radius 3 is 2.69 bits per heavy atom. The van der Waals surface area contributed by atoms with E-state index in [0.29, 0.717) is 0 Å². The zero-order valence-electron chi connectivity index (χ0n) is 18.3. The minimum atomic E-state index is 0.742. The van der Waals surface area contributed by atoms with Crippen LogP contribution in [0.1, 0.15) is 43.9 Å². The number of nitrogens with zero attached hydrogens (tertiary/aromatic N) is 6. The molecule has 29 heavy (non-hydrogen) atoms.